The Morgan fingerprint density at radius 2 is 1.74 bits per heavy atom. The first-order valence-electron chi connectivity index (χ1n) is 6.03. The summed E-state index contributed by atoms with van der Waals surface area (Å²) in [5.41, 5.74) is 1.45. The molecule has 0 bridgehead atoms. The molecule has 3 aromatic carbocycles. The van der Waals surface area contributed by atoms with Crippen LogP contribution < -0.4 is 11.1 Å². The molecule has 0 aliphatic rings. The van der Waals surface area contributed by atoms with Gasteiger partial charge in [0.05, 0.1) is 11.0 Å². The van der Waals surface area contributed by atoms with E-state index in [-0.39, 0.29) is 11.1 Å². The van der Waals surface area contributed by atoms with Crippen molar-refractivity contribution in [1.82, 2.24) is 9.55 Å². The summed E-state index contributed by atoms with van der Waals surface area (Å²) in [5, 5.41) is 3.58. The Kier molecular flexibility index (Phi) is 1.75. The maximum absolute atomic E-state index is 12.0. The lowest BCUT2D eigenvalue weighted by atomic mass is 9.98. The third kappa shape index (κ3) is 1.18. The van der Waals surface area contributed by atoms with E-state index in [2.05, 4.69) is 4.98 Å². The van der Waals surface area contributed by atoms with Crippen molar-refractivity contribution >= 4 is 32.6 Å². The van der Waals surface area contributed by atoms with Crippen molar-refractivity contribution < 1.29 is 0 Å². The molecule has 0 saturated heterocycles. The van der Waals surface area contributed by atoms with Gasteiger partial charge in [-0.25, -0.2) is 4.79 Å². The Labute approximate surface area is 107 Å². The molecule has 4 aromatic rings. The normalized spacial score (nSPS) is 11.8. The summed E-state index contributed by atoms with van der Waals surface area (Å²) in [4.78, 5) is 26.7. The zero-order valence-electron chi connectivity index (χ0n) is 10.2. The summed E-state index contributed by atoms with van der Waals surface area (Å²) in [6, 6.07) is 10.9. The van der Waals surface area contributed by atoms with Gasteiger partial charge in [-0.3, -0.25) is 9.36 Å². The Balaban J connectivity index is 2.52. The molecule has 4 heteroatoms. The largest absolute Gasteiger partial charge is 0.326 e. The molecule has 19 heavy (non-hydrogen) atoms. The molecule has 0 radical (unpaired) electrons. The lowest BCUT2D eigenvalue weighted by Crippen LogP contribution is -2.20. The topological polar surface area (TPSA) is 54.9 Å². The number of nitrogens with zero attached hydrogens (tertiary/aromatic N) is 1. The van der Waals surface area contributed by atoms with Crippen LogP contribution in [0.5, 0.6) is 0 Å². The first-order valence-corrected chi connectivity index (χ1v) is 6.03. The number of hydrogen-bond donors (Lipinski definition) is 1. The summed E-state index contributed by atoms with van der Waals surface area (Å²) in [5.74, 6) is 0. The monoisotopic (exact) mass is 250 g/mol. The first kappa shape index (κ1) is 10.3. The molecule has 4 rings (SSSR count). The van der Waals surface area contributed by atoms with Crippen LogP contribution in [-0.4, -0.2) is 9.55 Å². The van der Waals surface area contributed by atoms with Gasteiger partial charge in [-0.2, -0.15) is 0 Å². The van der Waals surface area contributed by atoms with E-state index in [0.717, 1.165) is 27.2 Å². The Morgan fingerprint density at radius 3 is 2.58 bits per heavy atom. The summed E-state index contributed by atoms with van der Waals surface area (Å²) in [6.07, 6.45) is 0. The smallest absolute Gasteiger partial charge is 0.307 e. The maximum atomic E-state index is 12.0. The number of H-pyrrole nitrogens is 1. The van der Waals surface area contributed by atoms with E-state index in [0.29, 0.717) is 5.39 Å². The van der Waals surface area contributed by atoms with Crippen LogP contribution in [0.4, 0.5) is 0 Å². The van der Waals surface area contributed by atoms with E-state index in [9.17, 15) is 9.59 Å². The average Bonchev–Trinajstić information content (AvgIpc) is 2.42. The van der Waals surface area contributed by atoms with E-state index >= 15 is 0 Å². The molecule has 1 N–H and O–H groups in total. The minimum Gasteiger partial charge on any atom is -0.307 e. The van der Waals surface area contributed by atoms with E-state index in [1.807, 2.05) is 24.3 Å². The van der Waals surface area contributed by atoms with Crippen molar-refractivity contribution in [3.8, 4) is 0 Å². The van der Waals surface area contributed by atoms with Gasteiger partial charge < -0.3 is 4.98 Å². The number of aryl methyl sites for hydroxylation is 1. The van der Waals surface area contributed by atoms with Crippen molar-refractivity contribution in [1.29, 1.82) is 0 Å². The van der Waals surface area contributed by atoms with Crippen LogP contribution in [0.2, 0.25) is 0 Å². The maximum Gasteiger partial charge on any atom is 0.326 e. The molecule has 4 nitrogen and oxygen atoms in total. The van der Waals surface area contributed by atoms with Gasteiger partial charge >= 0.3 is 5.69 Å². The number of aromatic nitrogens is 2. The Bertz CT molecular complexity index is 1060. The SMILES string of the molecule is Cn1c(=O)[nH]c2ccc3ccc(=O)c4ccc1c2c34. The van der Waals surface area contributed by atoms with Crippen LogP contribution >= 0.6 is 0 Å². The fourth-order valence-electron chi connectivity index (χ4n) is 2.80. The predicted octanol–water partition coefficient (Wildman–Crippen LogP) is 1.97. The van der Waals surface area contributed by atoms with E-state index in [4.69, 9.17) is 0 Å². The molecule has 0 saturated carbocycles. The number of aromatic amines is 1. The third-order valence-electron chi connectivity index (χ3n) is 3.76. The number of rotatable bonds is 0. The van der Waals surface area contributed by atoms with Gasteiger partial charge in [0.15, 0.2) is 5.43 Å². The molecule has 1 aromatic heterocycles. The van der Waals surface area contributed by atoms with Crippen LogP contribution in [0.1, 0.15) is 0 Å². The van der Waals surface area contributed by atoms with Crippen LogP contribution in [0.25, 0.3) is 32.6 Å². The highest BCUT2D eigenvalue weighted by Gasteiger charge is 2.12. The molecular formula is C15H10N2O2. The molecule has 92 valence electrons. The van der Waals surface area contributed by atoms with Crippen LogP contribution in [0, 0.1) is 0 Å². The lowest BCUT2D eigenvalue weighted by Gasteiger charge is -2.12. The molecule has 0 amide bonds. The van der Waals surface area contributed by atoms with Crippen molar-refractivity contribution in [2.45, 2.75) is 0 Å². The summed E-state index contributed by atoms with van der Waals surface area (Å²) >= 11 is 0. The zero-order valence-corrected chi connectivity index (χ0v) is 10.2. The van der Waals surface area contributed by atoms with Crippen LogP contribution in [0.3, 0.4) is 0 Å². The predicted molar refractivity (Wildman–Crippen MR) is 76.0 cm³/mol. The van der Waals surface area contributed by atoms with Gasteiger partial charge in [0.2, 0.25) is 0 Å². The fourth-order valence-corrected chi connectivity index (χ4v) is 2.80. The second-order valence-electron chi connectivity index (χ2n) is 4.77. The van der Waals surface area contributed by atoms with Gasteiger partial charge in [-0.05, 0) is 29.7 Å². The molecule has 0 spiro atoms. The second kappa shape index (κ2) is 3.23. The molecule has 1 heterocycles. The molecule has 0 aliphatic heterocycles. The number of hydrogen-bond acceptors (Lipinski definition) is 2. The number of benzene rings is 3. The molecule has 0 atom stereocenters. The third-order valence-corrected chi connectivity index (χ3v) is 3.76. The van der Waals surface area contributed by atoms with Gasteiger partial charge in [-0.15, -0.1) is 0 Å². The summed E-state index contributed by atoms with van der Waals surface area (Å²) < 4.78 is 1.57. The van der Waals surface area contributed by atoms with Crippen LogP contribution in [0.15, 0.2) is 46.0 Å². The van der Waals surface area contributed by atoms with E-state index < -0.39 is 0 Å². The molecule has 0 aliphatic carbocycles. The minimum absolute atomic E-state index is 0.00996. The van der Waals surface area contributed by atoms with E-state index in [1.54, 1.807) is 23.7 Å². The second-order valence-corrected chi connectivity index (χ2v) is 4.77. The fraction of sp³-hybridized carbons (Fsp3) is 0.0667. The highest BCUT2D eigenvalue weighted by molar-refractivity contribution is 6.21. The average molecular weight is 250 g/mol. The quantitative estimate of drug-likeness (QED) is 0.485. The zero-order chi connectivity index (χ0) is 13.1. The molecular weight excluding hydrogens is 240 g/mol. The lowest BCUT2D eigenvalue weighted by molar-refractivity contribution is 0.862. The van der Waals surface area contributed by atoms with Crippen molar-refractivity contribution in [2.75, 3.05) is 0 Å². The van der Waals surface area contributed by atoms with Gasteiger partial charge in [0.25, 0.3) is 0 Å². The van der Waals surface area contributed by atoms with E-state index in [1.165, 1.54) is 0 Å². The van der Waals surface area contributed by atoms with Crippen molar-refractivity contribution in [3.05, 3.63) is 57.1 Å². The first-order chi connectivity index (χ1) is 9.16. The van der Waals surface area contributed by atoms with Crippen molar-refractivity contribution in [2.24, 2.45) is 7.05 Å². The van der Waals surface area contributed by atoms with Crippen molar-refractivity contribution in [3.63, 3.8) is 0 Å². The highest BCUT2D eigenvalue weighted by Crippen LogP contribution is 2.30. The molecule has 0 fully saturated rings. The van der Waals surface area contributed by atoms with Gasteiger partial charge in [0, 0.05) is 23.2 Å². The van der Waals surface area contributed by atoms with Gasteiger partial charge in [0.1, 0.15) is 0 Å². The Morgan fingerprint density at radius 1 is 0.947 bits per heavy atom. The summed E-state index contributed by atoms with van der Waals surface area (Å²) in [6.45, 7) is 0. The minimum atomic E-state index is -0.159. The standard InChI is InChI=1S/C15H10N2O2/c1-17-11-6-4-9-12(18)7-3-8-2-5-10(16-15(17)19)14(11)13(8)9/h2-7H,1H3,(H,16,19). The highest BCUT2D eigenvalue weighted by atomic mass is 16.1. The number of nitrogens with one attached hydrogen (secondary N) is 1. The Hall–Kier alpha value is -2.62. The molecule has 0 unspecified atom stereocenters. The summed E-state index contributed by atoms with van der Waals surface area (Å²) in [7, 11) is 1.73. The van der Waals surface area contributed by atoms with Gasteiger partial charge in [-0.1, -0.05) is 12.1 Å². The van der Waals surface area contributed by atoms with Crippen LogP contribution in [-0.2, 0) is 7.05 Å².